The van der Waals surface area contributed by atoms with Gasteiger partial charge in [0, 0.05) is 40.4 Å². The third-order valence-electron chi connectivity index (χ3n) is 4.49. The lowest BCUT2D eigenvalue weighted by Gasteiger charge is -2.36. The molecule has 4 rings (SSSR count). The molecule has 0 amide bonds. The van der Waals surface area contributed by atoms with E-state index in [1.807, 2.05) is 0 Å². The zero-order valence-electron chi connectivity index (χ0n) is 12.7. The van der Waals surface area contributed by atoms with E-state index in [0.717, 1.165) is 10.4 Å². The molecule has 0 radical (unpaired) electrons. The molecule has 126 valence electrons. The number of aromatic nitrogens is 2. The van der Waals surface area contributed by atoms with Gasteiger partial charge in [-0.05, 0) is 12.5 Å². The maximum absolute atomic E-state index is 14.2. The molecule has 1 aliphatic carbocycles. The van der Waals surface area contributed by atoms with Gasteiger partial charge in [0.15, 0.2) is 0 Å². The fourth-order valence-corrected chi connectivity index (χ4v) is 4.33. The molecule has 24 heavy (non-hydrogen) atoms. The third kappa shape index (κ3) is 2.21. The summed E-state index contributed by atoms with van der Waals surface area (Å²) in [5, 5.41) is 17.6. The minimum Gasteiger partial charge on any atom is -0.423 e. The molecule has 0 spiro atoms. The van der Waals surface area contributed by atoms with E-state index in [-0.39, 0.29) is 22.4 Å². The van der Waals surface area contributed by atoms with Crippen molar-refractivity contribution >= 4 is 21.4 Å². The van der Waals surface area contributed by atoms with Crippen molar-refractivity contribution < 1.29 is 18.3 Å². The second-order valence-electron chi connectivity index (χ2n) is 6.13. The first kappa shape index (κ1) is 15.5. The number of alkyl halides is 2. The Morgan fingerprint density at radius 2 is 2.29 bits per heavy atom. The topological polar surface area (TPSA) is 79.1 Å². The summed E-state index contributed by atoms with van der Waals surface area (Å²) >= 11 is 1.17. The van der Waals surface area contributed by atoms with Crippen molar-refractivity contribution in [2.24, 2.45) is 0 Å². The Bertz CT molecular complexity index is 977. The van der Waals surface area contributed by atoms with E-state index in [0.29, 0.717) is 5.39 Å². The van der Waals surface area contributed by atoms with E-state index in [1.165, 1.54) is 11.3 Å². The van der Waals surface area contributed by atoms with E-state index >= 15 is 0 Å². The van der Waals surface area contributed by atoms with Gasteiger partial charge >= 0.3 is 5.63 Å². The molecule has 3 aromatic heterocycles. The maximum Gasteiger partial charge on any atom is 0.354 e. The molecule has 0 saturated heterocycles. The number of H-pyrrole nitrogens is 1. The fourth-order valence-electron chi connectivity index (χ4n) is 3.28. The Kier molecular flexibility index (Phi) is 3.20. The van der Waals surface area contributed by atoms with E-state index in [2.05, 4.69) is 10.2 Å². The van der Waals surface area contributed by atoms with Crippen LogP contribution < -0.4 is 5.63 Å². The number of rotatable bonds is 2. The lowest BCUT2D eigenvalue weighted by molar-refractivity contribution is -0.116. The van der Waals surface area contributed by atoms with Crippen LogP contribution in [-0.2, 0) is 12.0 Å². The normalized spacial score (nSPS) is 22.7. The van der Waals surface area contributed by atoms with Gasteiger partial charge in [-0.15, -0.1) is 11.3 Å². The fraction of sp³-hybridized carbons (Fsp3) is 0.375. The number of hydrogen-bond donors (Lipinski definition) is 2. The van der Waals surface area contributed by atoms with Crippen molar-refractivity contribution in [2.75, 3.05) is 0 Å². The van der Waals surface area contributed by atoms with Gasteiger partial charge in [0.2, 0.25) is 0 Å². The highest BCUT2D eigenvalue weighted by Crippen LogP contribution is 2.47. The van der Waals surface area contributed by atoms with Crippen LogP contribution >= 0.6 is 11.3 Å². The van der Waals surface area contributed by atoms with Gasteiger partial charge in [-0.1, -0.05) is 6.92 Å². The molecule has 1 atom stereocenters. The molecule has 0 saturated carbocycles. The first-order chi connectivity index (χ1) is 11.3. The molecule has 0 aliphatic heterocycles. The minimum absolute atomic E-state index is 0.0232. The van der Waals surface area contributed by atoms with Crippen LogP contribution in [0.2, 0.25) is 0 Å². The summed E-state index contributed by atoms with van der Waals surface area (Å²) < 4.78 is 33.9. The second-order valence-corrected chi connectivity index (χ2v) is 7.18. The molecular formula is C16H14F2N2O3S. The Morgan fingerprint density at radius 3 is 2.96 bits per heavy atom. The number of aromatic amines is 1. The molecule has 0 aromatic carbocycles. The van der Waals surface area contributed by atoms with Crippen molar-refractivity contribution in [3.05, 3.63) is 40.2 Å². The van der Waals surface area contributed by atoms with Gasteiger partial charge in [0.25, 0.3) is 5.92 Å². The van der Waals surface area contributed by atoms with Crippen LogP contribution in [0.25, 0.3) is 20.5 Å². The SMILES string of the molecule is CCC1(O)CC(F)(F)Cc2c1oc(=O)c1sc(-c3cn[nH]c3)cc21. The summed E-state index contributed by atoms with van der Waals surface area (Å²) in [6.07, 6.45) is 2.01. The standard InChI is InChI=1S/C16H14F2N2O3S/c1-2-15(22)7-16(17,18)4-10-9-3-11(8-5-19-20-6-8)24-12(9)14(21)23-13(10)15/h3,5-6,22H,2,4,7H2,1H3,(H,19,20). The Balaban J connectivity index is 2.03. The Hall–Kier alpha value is -2.06. The highest BCUT2D eigenvalue weighted by Gasteiger charge is 2.50. The molecule has 3 heterocycles. The van der Waals surface area contributed by atoms with E-state index in [4.69, 9.17) is 4.42 Å². The molecule has 1 unspecified atom stereocenters. The van der Waals surface area contributed by atoms with Crippen molar-refractivity contribution in [3.63, 3.8) is 0 Å². The summed E-state index contributed by atoms with van der Waals surface area (Å²) in [6.45, 7) is 1.60. The summed E-state index contributed by atoms with van der Waals surface area (Å²) in [5.74, 6) is -3.08. The quantitative estimate of drug-likeness (QED) is 0.741. The second kappa shape index (κ2) is 4.97. The van der Waals surface area contributed by atoms with Crippen molar-refractivity contribution in [3.8, 4) is 10.4 Å². The average Bonchev–Trinajstić information content (AvgIpc) is 3.16. The van der Waals surface area contributed by atoms with Gasteiger partial charge in [-0.2, -0.15) is 5.10 Å². The molecule has 0 bridgehead atoms. The number of hydrogen-bond acceptors (Lipinski definition) is 5. The van der Waals surface area contributed by atoms with Crippen LogP contribution in [0.4, 0.5) is 8.78 Å². The molecule has 1 aliphatic rings. The van der Waals surface area contributed by atoms with E-state index in [9.17, 15) is 18.7 Å². The molecule has 8 heteroatoms. The van der Waals surface area contributed by atoms with Crippen LogP contribution in [0.15, 0.2) is 27.7 Å². The van der Waals surface area contributed by atoms with Crippen molar-refractivity contribution in [1.82, 2.24) is 10.2 Å². The van der Waals surface area contributed by atoms with Gasteiger partial charge in [-0.3, -0.25) is 5.10 Å². The predicted octanol–water partition coefficient (Wildman–Crippen LogP) is 3.42. The Morgan fingerprint density at radius 1 is 1.50 bits per heavy atom. The van der Waals surface area contributed by atoms with Gasteiger partial charge < -0.3 is 9.52 Å². The number of thiophene rings is 1. The number of halogens is 2. The van der Waals surface area contributed by atoms with Crippen LogP contribution in [0.3, 0.4) is 0 Å². The molecule has 3 aromatic rings. The number of aliphatic hydroxyl groups is 1. The lowest BCUT2D eigenvalue weighted by Crippen LogP contribution is -2.41. The zero-order chi connectivity index (χ0) is 17.1. The lowest BCUT2D eigenvalue weighted by atomic mass is 9.79. The number of nitrogens with one attached hydrogen (secondary N) is 1. The largest absolute Gasteiger partial charge is 0.423 e. The maximum atomic E-state index is 14.2. The first-order valence-electron chi connectivity index (χ1n) is 7.52. The van der Waals surface area contributed by atoms with Crippen LogP contribution in [-0.4, -0.2) is 21.2 Å². The van der Waals surface area contributed by atoms with E-state index < -0.39 is 30.0 Å². The van der Waals surface area contributed by atoms with Crippen molar-refractivity contribution in [1.29, 1.82) is 0 Å². The smallest absolute Gasteiger partial charge is 0.354 e. The summed E-state index contributed by atoms with van der Waals surface area (Å²) in [7, 11) is 0. The first-order valence-corrected chi connectivity index (χ1v) is 8.34. The average molecular weight is 352 g/mol. The summed E-state index contributed by atoms with van der Waals surface area (Å²) in [4.78, 5) is 13.1. The number of fused-ring (bicyclic) bond motifs is 3. The monoisotopic (exact) mass is 352 g/mol. The van der Waals surface area contributed by atoms with Crippen LogP contribution in [0, 0.1) is 0 Å². The van der Waals surface area contributed by atoms with Gasteiger partial charge in [0.1, 0.15) is 16.1 Å². The van der Waals surface area contributed by atoms with Gasteiger partial charge in [-0.25, -0.2) is 13.6 Å². The van der Waals surface area contributed by atoms with Crippen LogP contribution in [0.5, 0.6) is 0 Å². The van der Waals surface area contributed by atoms with Crippen LogP contribution in [0.1, 0.15) is 31.1 Å². The predicted molar refractivity (Wildman–Crippen MR) is 85.4 cm³/mol. The van der Waals surface area contributed by atoms with Crippen molar-refractivity contribution in [2.45, 2.75) is 37.7 Å². The Labute approximate surface area is 138 Å². The zero-order valence-corrected chi connectivity index (χ0v) is 13.5. The molecule has 0 fully saturated rings. The highest BCUT2D eigenvalue weighted by atomic mass is 32.1. The van der Waals surface area contributed by atoms with E-state index in [1.54, 1.807) is 25.4 Å². The summed E-state index contributed by atoms with van der Waals surface area (Å²) in [6, 6.07) is 1.69. The minimum atomic E-state index is -3.05. The van der Waals surface area contributed by atoms with Gasteiger partial charge in [0.05, 0.1) is 6.20 Å². The molecule has 5 nitrogen and oxygen atoms in total. The third-order valence-corrected chi connectivity index (χ3v) is 5.65. The summed E-state index contributed by atoms with van der Waals surface area (Å²) in [5.41, 5.74) is -1.46. The molecule has 2 N–H and O–H groups in total. The highest BCUT2D eigenvalue weighted by molar-refractivity contribution is 7.22. The molecular weight excluding hydrogens is 338 g/mol. The number of nitrogens with zero attached hydrogens (tertiary/aromatic N) is 1.